The highest BCUT2D eigenvalue weighted by atomic mass is 35.5. The van der Waals surface area contributed by atoms with Crippen LogP contribution in [0.3, 0.4) is 0 Å². The van der Waals surface area contributed by atoms with E-state index in [4.69, 9.17) is 4.74 Å². The average molecular weight is 520 g/mol. The molecular formula is C30H38ClN5O. The molecule has 0 amide bonds. The Labute approximate surface area is 226 Å². The summed E-state index contributed by atoms with van der Waals surface area (Å²) in [6.45, 7) is 8.47. The summed E-state index contributed by atoms with van der Waals surface area (Å²) < 4.78 is 8.57. The molecule has 196 valence electrons. The number of nitrogens with zero attached hydrogens (tertiary/aromatic N) is 4. The molecule has 0 saturated carbocycles. The van der Waals surface area contributed by atoms with Crippen LogP contribution in [-0.4, -0.2) is 51.8 Å². The number of aromatic nitrogens is 3. The molecule has 0 spiro atoms. The molecule has 7 heteroatoms. The van der Waals surface area contributed by atoms with Crippen LogP contribution in [-0.2, 0) is 4.74 Å². The largest absolute Gasteiger partial charge is 0.369 e. The van der Waals surface area contributed by atoms with Crippen LogP contribution in [0.1, 0.15) is 62.0 Å². The zero-order valence-electron chi connectivity index (χ0n) is 21.8. The number of anilines is 1. The Morgan fingerprint density at radius 1 is 0.919 bits per heavy atom. The number of hydrogen-bond donors (Lipinski definition) is 1. The summed E-state index contributed by atoms with van der Waals surface area (Å²) in [4.78, 5) is 7.18. The number of imidazole rings is 1. The number of halogens is 1. The van der Waals surface area contributed by atoms with Gasteiger partial charge in [-0.1, -0.05) is 74.5 Å². The van der Waals surface area contributed by atoms with E-state index in [1.165, 1.54) is 11.1 Å². The van der Waals surface area contributed by atoms with Crippen LogP contribution in [0.5, 0.6) is 0 Å². The second-order valence-corrected chi connectivity index (χ2v) is 10.0. The lowest BCUT2D eigenvalue weighted by molar-refractivity contribution is -0.0269. The van der Waals surface area contributed by atoms with Gasteiger partial charge in [0.15, 0.2) is 5.65 Å². The van der Waals surface area contributed by atoms with E-state index in [-0.39, 0.29) is 24.6 Å². The predicted molar refractivity (Wildman–Crippen MR) is 153 cm³/mol. The number of hydrogen-bond acceptors (Lipinski definition) is 5. The number of likely N-dealkylation sites (tertiary alicyclic amines) is 1. The minimum absolute atomic E-state index is 0. The molecule has 4 aromatic rings. The van der Waals surface area contributed by atoms with Crippen molar-refractivity contribution in [1.82, 2.24) is 19.5 Å². The lowest BCUT2D eigenvalue weighted by Crippen LogP contribution is -2.38. The number of benzene rings is 2. The van der Waals surface area contributed by atoms with E-state index in [1.54, 1.807) is 0 Å². The molecule has 0 unspecified atom stereocenters. The van der Waals surface area contributed by atoms with E-state index < -0.39 is 0 Å². The first-order chi connectivity index (χ1) is 17.7. The summed E-state index contributed by atoms with van der Waals surface area (Å²) in [7, 11) is 0. The van der Waals surface area contributed by atoms with Crippen LogP contribution in [0.15, 0.2) is 79.0 Å². The van der Waals surface area contributed by atoms with Gasteiger partial charge in [0, 0.05) is 19.6 Å². The first kappa shape index (κ1) is 27.1. The van der Waals surface area contributed by atoms with E-state index in [2.05, 4.69) is 94.8 Å². The van der Waals surface area contributed by atoms with Crippen LogP contribution < -0.4 is 5.32 Å². The standard InChI is InChI=1S/C30H37N5O.ClH/c1-23(2)27-22-35-29(32-27)15-14-28(33-35)31-18-9-19-34-20-16-26(17-21-34)36-30(24-10-5-3-6-11-24)25-12-7-4-8-13-25;/h3-8,10-15,22-23,26,30H,9,16-21H2,1-2H3,(H,31,33);1H. The van der Waals surface area contributed by atoms with Gasteiger partial charge in [-0.25, -0.2) is 9.50 Å². The fourth-order valence-electron chi connectivity index (χ4n) is 4.86. The van der Waals surface area contributed by atoms with Gasteiger partial charge in [0.05, 0.1) is 18.0 Å². The zero-order chi connectivity index (χ0) is 24.7. The third-order valence-electron chi connectivity index (χ3n) is 6.96. The summed E-state index contributed by atoms with van der Waals surface area (Å²) in [6.07, 6.45) is 5.53. The Bertz CT molecular complexity index is 1180. The normalized spacial score (nSPS) is 14.8. The Balaban J connectivity index is 0.00000320. The van der Waals surface area contributed by atoms with Crippen molar-refractivity contribution in [1.29, 1.82) is 0 Å². The molecule has 3 heterocycles. The van der Waals surface area contributed by atoms with Crippen molar-refractivity contribution in [3.63, 3.8) is 0 Å². The number of fused-ring (bicyclic) bond motifs is 1. The molecule has 2 aromatic carbocycles. The van der Waals surface area contributed by atoms with Gasteiger partial charge in [0.2, 0.25) is 0 Å². The zero-order valence-corrected chi connectivity index (χ0v) is 22.6. The smallest absolute Gasteiger partial charge is 0.153 e. The molecule has 2 aromatic heterocycles. The second-order valence-electron chi connectivity index (χ2n) is 10.0. The van der Waals surface area contributed by atoms with Crippen LogP contribution >= 0.6 is 12.4 Å². The highest BCUT2D eigenvalue weighted by molar-refractivity contribution is 5.85. The maximum Gasteiger partial charge on any atom is 0.153 e. The van der Waals surface area contributed by atoms with Crippen molar-refractivity contribution in [3.8, 4) is 0 Å². The predicted octanol–water partition coefficient (Wildman–Crippen LogP) is 6.35. The summed E-state index contributed by atoms with van der Waals surface area (Å²) in [5.41, 5.74) is 4.42. The van der Waals surface area contributed by atoms with Gasteiger partial charge in [0.1, 0.15) is 11.9 Å². The maximum atomic E-state index is 6.69. The Hall–Kier alpha value is -2.93. The highest BCUT2D eigenvalue weighted by Crippen LogP contribution is 2.30. The monoisotopic (exact) mass is 519 g/mol. The van der Waals surface area contributed by atoms with E-state index in [9.17, 15) is 0 Å². The number of ether oxygens (including phenoxy) is 1. The minimum Gasteiger partial charge on any atom is -0.369 e. The van der Waals surface area contributed by atoms with Gasteiger partial charge < -0.3 is 15.0 Å². The molecule has 1 fully saturated rings. The van der Waals surface area contributed by atoms with Gasteiger partial charge in [-0.05, 0) is 55.0 Å². The molecule has 0 atom stereocenters. The first-order valence-corrected chi connectivity index (χ1v) is 13.2. The summed E-state index contributed by atoms with van der Waals surface area (Å²) in [5.74, 6) is 1.30. The number of rotatable bonds is 10. The molecule has 1 aliphatic rings. The van der Waals surface area contributed by atoms with Gasteiger partial charge in [-0.3, -0.25) is 0 Å². The van der Waals surface area contributed by atoms with Gasteiger partial charge >= 0.3 is 0 Å². The third-order valence-corrected chi connectivity index (χ3v) is 6.96. The average Bonchev–Trinajstić information content (AvgIpc) is 3.36. The van der Waals surface area contributed by atoms with E-state index in [0.717, 1.165) is 62.6 Å². The van der Waals surface area contributed by atoms with Crippen molar-refractivity contribution in [2.45, 2.75) is 51.2 Å². The van der Waals surface area contributed by atoms with Crippen molar-refractivity contribution in [2.24, 2.45) is 0 Å². The van der Waals surface area contributed by atoms with Crippen LogP contribution in [0.25, 0.3) is 5.65 Å². The Kier molecular flexibility index (Phi) is 9.56. The van der Waals surface area contributed by atoms with Gasteiger partial charge in [-0.15, -0.1) is 17.5 Å². The van der Waals surface area contributed by atoms with Gasteiger partial charge in [-0.2, -0.15) is 0 Å². The summed E-state index contributed by atoms with van der Waals surface area (Å²) in [6, 6.07) is 25.2. The highest BCUT2D eigenvalue weighted by Gasteiger charge is 2.24. The topological polar surface area (TPSA) is 54.7 Å². The van der Waals surface area contributed by atoms with Crippen molar-refractivity contribution < 1.29 is 4.74 Å². The van der Waals surface area contributed by atoms with E-state index in [1.807, 2.05) is 22.8 Å². The van der Waals surface area contributed by atoms with Crippen LogP contribution in [0.4, 0.5) is 5.82 Å². The van der Waals surface area contributed by atoms with Crippen LogP contribution in [0, 0.1) is 0 Å². The molecule has 1 aliphatic heterocycles. The van der Waals surface area contributed by atoms with Crippen molar-refractivity contribution >= 4 is 23.9 Å². The molecule has 0 radical (unpaired) electrons. The molecule has 6 nitrogen and oxygen atoms in total. The van der Waals surface area contributed by atoms with Crippen molar-refractivity contribution in [2.75, 3.05) is 31.5 Å². The molecule has 0 bridgehead atoms. The lowest BCUT2D eigenvalue weighted by Gasteiger charge is -2.34. The molecule has 0 aliphatic carbocycles. The summed E-state index contributed by atoms with van der Waals surface area (Å²) in [5, 5.41) is 8.14. The minimum atomic E-state index is -0.00916. The molecule has 5 rings (SSSR count). The maximum absolute atomic E-state index is 6.69. The third kappa shape index (κ3) is 7.10. The first-order valence-electron chi connectivity index (χ1n) is 13.2. The molecule has 1 saturated heterocycles. The number of nitrogens with one attached hydrogen (secondary N) is 1. The van der Waals surface area contributed by atoms with E-state index in [0.29, 0.717) is 5.92 Å². The summed E-state index contributed by atoms with van der Waals surface area (Å²) >= 11 is 0. The lowest BCUT2D eigenvalue weighted by atomic mass is 10.00. The Morgan fingerprint density at radius 2 is 1.57 bits per heavy atom. The Morgan fingerprint density at radius 3 is 2.19 bits per heavy atom. The number of piperidine rings is 1. The fourth-order valence-corrected chi connectivity index (χ4v) is 4.86. The molecular weight excluding hydrogens is 482 g/mol. The quantitative estimate of drug-likeness (QED) is 0.247. The van der Waals surface area contributed by atoms with E-state index >= 15 is 0 Å². The second kappa shape index (κ2) is 13.0. The van der Waals surface area contributed by atoms with Crippen LogP contribution in [0.2, 0.25) is 0 Å². The fraction of sp³-hybridized carbons (Fsp3) is 0.400. The van der Waals surface area contributed by atoms with Gasteiger partial charge in [0.25, 0.3) is 0 Å². The molecule has 37 heavy (non-hydrogen) atoms. The molecule has 1 N–H and O–H groups in total. The van der Waals surface area contributed by atoms with Crippen molar-refractivity contribution in [3.05, 3.63) is 95.8 Å². The SMILES string of the molecule is CC(C)c1cn2nc(NCCCN3CCC(OC(c4ccccc4)c4ccccc4)CC3)ccc2n1.Cl.